The van der Waals surface area contributed by atoms with Crippen LogP contribution in [0.3, 0.4) is 0 Å². The van der Waals surface area contributed by atoms with Gasteiger partial charge in [0.2, 0.25) is 11.8 Å². The Labute approximate surface area is 125 Å². The van der Waals surface area contributed by atoms with Crippen molar-refractivity contribution < 1.29 is 22.8 Å². The maximum Gasteiger partial charge on any atom is 0.406 e. The summed E-state index contributed by atoms with van der Waals surface area (Å²) in [6.07, 6.45) is -3.28. The SMILES string of the molecule is CCN1CC(C(=O)N(CC(F)(F)F)c2ccccn2)CC1=O. The van der Waals surface area contributed by atoms with Crippen LogP contribution in [0.1, 0.15) is 13.3 Å². The lowest BCUT2D eigenvalue weighted by molar-refractivity contribution is -0.134. The van der Waals surface area contributed by atoms with E-state index in [2.05, 4.69) is 4.98 Å². The van der Waals surface area contributed by atoms with Gasteiger partial charge in [-0.25, -0.2) is 4.98 Å². The lowest BCUT2D eigenvalue weighted by Gasteiger charge is -2.25. The second-order valence-corrected chi connectivity index (χ2v) is 5.06. The standard InChI is InChI=1S/C14H16F3N3O2/c1-2-19-8-10(7-12(19)21)13(22)20(9-14(15,16)17)11-5-3-4-6-18-11/h3-6,10H,2,7-9H2,1H3. The Balaban J connectivity index is 2.22. The molecule has 5 nitrogen and oxygen atoms in total. The number of amides is 2. The zero-order valence-corrected chi connectivity index (χ0v) is 12.0. The smallest absolute Gasteiger partial charge is 0.342 e. The molecule has 2 amide bonds. The van der Waals surface area contributed by atoms with Crippen LogP contribution >= 0.6 is 0 Å². The number of aromatic nitrogens is 1. The van der Waals surface area contributed by atoms with E-state index in [1.165, 1.54) is 23.2 Å². The first-order valence-electron chi connectivity index (χ1n) is 6.88. The molecule has 22 heavy (non-hydrogen) atoms. The molecule has 2 heterocycles. The van der Waals surface area contributed by atoms with Crippen molar-refractivity contribution in [2.45, 2.75) is 19.5 Å². The number of hydrogen-bond acceptors (Lipinski definition) is 3. The van der Waals surface area contributed by atoms with Crippen molar-refractivity contribution in [1.29, 1.82) is 0 Å². The summed E-state index contributed by atoms with van der Waals surface area (Å²) < 4.78 is 38.3. The average Bonchev–Trinajstić information content (AvgIpc) is 2.85. The van der Waals surface area contributed by atoms with Crippen molar-refractivity contribution in [3.8, 4) is 0 Å². The van der Waals surface area contributed by atoms with Gasteiger partial charge in [-0.1, -0.05) is 6.07 Å². The van der Waals surface area contributed by atoms with Gasteiger partial charge in [0, 0.05) is 25.7 Å². The van der Waals surface area contributed by atoms with Gasteiger partial charge < -0.3 is 4.90 Å². The van der Waals surface area contributed by atoms with Gasteiger partial charge in [-0.2, -0.15) is 13.2 Å². The topological polar surface area (TPSA) is 53.5 Å². The predicted molar refractivity (Wildman–Crippen MR) is 73.0 cm³/mol. The summed E-state index contributed by atoms with van der Waals surface area (Å²) in [5.41, 5.74) is 0. The molecule has 1 atom stereocenters. The Kier molecular flexibility index (Phi) is 4.68. The third kappa shape index (κ3) is 3.75. The monoisotopic (exact) mass is 315 g/mol. The van der Waals surface area contributed by atoms with Crippen LogP contribution in [0, 0.1) is 5.92 Å². The number of nitrogens with zero attached hydrogens (tertiary/aromatic N) is 3. The number of alkyl halides is 3. The maximum absolute atomic E-state index is 12.8. The molecule has 0 N–H and O–H groups in total. The molecule has 0 spiro atoms. The van der Waals surface area contributed by atoms with Crippen molar-refractivity contribution in [2.75, 3.05) is 24.5 Å². The van der Waals surface area contributed by atoms with Gasteiger partial charge in [0.05, 0.1) is 5.92 Å². The molecule has 1 saturated heterocycles. The Morgan fingerprint density at radius 1 is 1.45 bits per heavy atom. The van der Waals surface area contributed by atoms with Gasteiger partial charge in [0.1, 0.15) is 12.4 Å². The van der Waals surface area contributed by atoms with Gasteiger partial charge in [-0.05, 0) is 19.1 Å². The largest absolute Gasteiger partial charge is 0.406 e. The van der Waals surface area contributed by atoms with Gasteiger partial charge in [-0.15, -0.1) is 0 Å². The van der Waals surface area contributed by atoms with E-state index in [0.717, 1.165) is 0 Å². The van der Waals surface area contributed by atoms with Crippen molar-refractivity contribution in [3.05, 3.63) is 24.4 Å². The zero-order chi connectivity index (χ0) is 16.3. The summed E-state index contributed by atoms with van der Waals surface area (Å²) in [6.45, 7) is 0.928. The molecule has 0 bridgehead atoms. The second-order valence-electron chi connectivity index (χ2n) is 5.06. The summed E-state index contributed by atoms with van der Waals surface area (Å²) in [7, 11) is 0. The highest BCUT2D eigenvalue weighted by atomic mass is 19.4. The Morgan fingerprint density at radius 2 is 2.18 bits per heavy atom. The minimum atomic E-state index is -4.54. The lowest BCUT2D eigenvalue weighted by atomic mass is 10.1. The van der Waals surface area contributed by atoms with E-state index in [1.54, 1.807) is 13.0 Å². The van der Waals surface area contributed by atoms with Gasteiger partial charge in [0.25, 0.3) is 0 Å². The highest BCUT2D eigenvalue weighted by molar-refractivity contribution is 5.98. The van der Waals surface area contributed by atoms with Crippen molar-refractivity contribution in [1.82, 2.24) is 9.88 Å². The number of halogens is 3. The van der Waals surface area contributed by atoms with Crippen LogP contribution in [0.2, 0.25) is 0 Å². The Bertz CT molecular complexity index is 548. The van der Waals surface area contributed by atoms with E-state index in [9.17, 15) is 22.8 Å². The molecule has 1 aliphatic rings. The fraction of sp³-hybridized carbons (Fsp3) is 0.500. The third-order valence-electron chi connectivity index (χ3n) is 3.47. The fourth-order valence-electron chi connectivity index (χ4n) is 2.43. The van der Waals surface area contributed by atoms with Crippen LogP contribution < -0.4 is 4.90 Å². The van der Waals surface area contributed by atoms with Gasteiger partial charge in [-0.3, -0.25) is 14.5 Å². The molecule has 1 aromatic rings. The molecule has 0 saturated carbocycles. The Hall–Kier alpha value is -2.12. The average molecular weight is 315 g/mol. The van der Waals surface area contributed by atoms with Crippen molar-refractivity contribution in [2.24, 2.45) is 5.92 Å². The van der Waals surface area contributed by atoms with E-state index in [-0.39, 0.29) is 24.7 Å². The van der Waals surface area contributed by atoms with E-state index in [0.29, 0.717) is 11.4 Å². The lowest BCUT2D eigenvalue weighted by Crippen LogP contribution is -2.43. The van der Waals surface area contributed by atoms with Gasteiger partial charge >= 0.3 is 6.18 Å². The number of anilines is 1. The van der Waals surface area contributed by atoms with E-state index in [1.807, 2.05) is 0 Å². The quantitative estimate of drug-likeness (QED) is 0.852. The molecule has 1 unspecified atom stereocenters. The second kappa shape index (κ2) is 6.33. The highest BCUT2D eigenvalue weighted by Crippen LogP contribution is 2.26. The number of hydrogen-bond donors (Lipinski definition) is 0. The number of pyridine rings is 1. The minimum Gasteiger partial charge on any atom is -0.342 e. The van der Waals surface area contributed by atoms with E-state index < -0.39 is 24.5 Å². The molecule has 2 rings (SSSR count). The van der Waals surface area contributed by atoms with Crippen LogP contribution in [-0.2, 0) is 9.59 Å². The third-order valence-corrected chi connectivity index (χ3v) is 3.47. The number of carbonyl (C=O) groups is 2. The summed E-state index contributed by atoms with van der Waals surface area (Å²) >= 11 is 0. The molecule has 1 aromatic heterocycles. The van der Waals surface area contributed by atoms with Crippen LogP contribution in [0.15, 0.2) is 24.4 Å². The van der Waals surface area contributed by atoms with E-state index in [4.69, 9.17) is 0 Å². The molecule has 0 aromatic carbocycles. The number of likely N-dealkylation sites (tertiary alicyclic amines) is 1. The number of carbonyl (C=O) groups excluding carboxylic acids is 2. The van der Waals surface area contributed by atoms with Crippen LogP contribution in [0.5, 0.6) is 0 Å². The molecule has 1 aliphatic heterocycles. The van der Waals surface area contributed by atoms with Crippen LogP contribution in [0.25, 0.3) is 0 Å². The first kappa shape index (κ1) is 16.3. The summed E-state index contributed by atoms with van der Waals surface area (Å²) in [4.78, 5) is 30.0. The summed E-state index contributed by atoms with van der Waals surface area (Å²) in [5.74, 6) is -1.77. The normalized spacial score (nSPS) is 18.6. The van der Waals surface area contributed by atoms with Gasteiger partial charge in [0.15, 0.2) is 0 Å². The summed E-state index contributed by atoms with van der Waals surface area (Å²) in [6, 6.07) is 4.41. The minimum absolute atomic E-state index is 0.0616. The highest BCUT2D eigenvalue weighted by Gasteiger charge is 2.40. The predicted octanol–water partition coefficient (Wildman–Crippen LogP) is 1.85. The molecule has 1 fully saturated rings. The molecule has 120 valence electrons. The van der Waals surface area contributed by atoms with Crippen LogP contribution in [0.4, 0.5) is 19.0 Å². The number of rotatable bonds is 4. The summed E-state index contributed by atoms with van der Waals surface area (Å²) in [5, 5.41) is 0. The first-order chi connectivity index (χ1) is 10.3. The maximum atomic E-state index is 12.8. The molecular weight excluding hydrogens is 299 g/mol. The van der Waals surface area contributed by atoms with Crippen molar-refractivity contribution in [3.63, 3.8) is 0 Å². The first-order valence-corrected chi connectivity index (χ1v) is 6.88. The fourth-order valence-corrected chi connectivity index (χ4v) is 2.43. The molecular formula is C14H16F3N3O2. The van der Waals surface area contributed by atoms with Crippen LogP contribution in [-0.4, -0.2) is 47.5 Å². The van der Waals surface area contributed by atoms with Crippen molar-refractivity contribution >= 4 is 17.6 Å². The zero-order valence-electron chi connectivity index (χ0n) is 12.0. The molecule has 0 radical (unpaired) electrons. The van der Waals surface area contributed by atoms with E-state index >= 15 is 0 Å². The Morgan fingerprint density at radius 3 is 2.68 bits per heavy atom. The molecule has 0 aliphatic carbocycles. The molecule has 8 heteroatoms.